The number of hydrogen-bond donors (Lipinski definition) is 2. The van der Waals surface area contributed by atoms with E-state index < -0.39 is 34.9 Å². The molecule has 0 aromatic carbocycles. The highest BCUT2D eigenvalue weighted by atomic mass is 16.6. The van der Waals surface area contributed by atoms with E-state index in [1.165, 1.54) is 4.90 Å². The molecule has 1 atom stereocenters. The molecule has 144 valence electrons. The summed E-state index contributed by atoms with van der Waals surface area (Å²) in [7, 11) is 0. The van der Waals surface area contributed by atoms with Crippen molar-refractivity contribution in [3.63, 3.8) is 0 Å². The second kappa shape index (κ2) is 7.09. The van der Waals surface area contributed by atoms with Gasteiger partial charge in [0.05, 0.1) is 12.0 Å². The summed E-state index contributed by atoms with van der Waals surface area (Å²) >= 11 is 0. The van der Waals surface area contributed by atoms with Crippen LogP contribution in [0.2, 0.25) is 0 Å². The number of nitrogens with zero attached hydrogens (tertiary/aromatic N) is 1. The van der Waals surface area contributed by atoms with E-state index in [2.05, 4.69) is 5.32 Å². The monoisotopic (exact) mass is 358 g/mol. The van der Waals surface area contributed by atoms with Crippen LogP contribution in [-0.4, -0.2) is 58.0 Å². The fourth-order valence-corrected chi connectivity index (χ4v) is 2.50. The smallest absolute Gasteiger partial charge is 0.410 e. The van der Waals surface area contributed by atoms with E-state index in [1.54, 1.807) is 48.5 Å². The molecule has 1 aliphatic heterocycles. The number of ether oxygens (including phenoxy) is 2. The van der Waals surface area contributed by atoms with Gasteiger partial charge in [0.2, 0.25) is 0 Å². The summed E-state index contributed by atoms with van der Waals surface area (Å²) in [6.45, 7) is 12.8. The zero-order valence-corrected chi connectivity index (χ0v) is 16.1. The van der Waals surface area contributed by atoms with Crippen LogP contribution in [0, 0.1) is 5.92 Å². The van der Waals surface area contributed by atoms with Crippen molar-refractivity contribution < 1.29 is 29.0 Å². The molecule has 2 N–H and O–H groups in total. The topological polar surface area (TPSA) is 105 Å². The predicted octanol–water partition coefficient (Wildman–Crippen LogP) is 2.61. The summed E-state index contributed by atoms with van der Waals surface area (Å²) in [5.74, 6) is -1.24. The van der Waals surface area contributed by atoms with E-state index >= 15 is 0 Å². The fourth-order valence-electron chi connectivity index (χ4n) is 2.50. The van der Waals surface area contributed by atoms with Crippen molar-refractivity contribution in [1.29, 1.82) is 0 Å². The van der Waals surface area contributed by atoms with Crippen molar-refractivity contribution in [3.05, 3.63) is 0 Å². The number of carbonyl (C=O) groups is 3. The number of nitrogens with one attached hydrogen (secondary N) is 1. The lowest BCUT2D eigenvalue weighted by molar-refractivity contribution is -0.139. The normalized spacial score (nSPS) is 18.0. The van der Waals surface area contributed by atoms with Gasteiger partial charge in [0.15, 0.2) is 0 Å². The van der Waals surface area contributed by atoms with Gasteiger partial charge < -0.3 is 24.8 Å². The van der Waals surface area contributed by atoms with Crippen molar-refractivity contribution in [2.75, 3.05) is 13.1 Å². The minimum absolute atomic E-state index is 0.205. The van der Waals surface area contributed by atoms with Crippen molar-refractivity contribution in [2.45, 2.75) is 71.6 Å². The Morgan fingerprint density at radius 3 is 1.88 bits per heavy atom. The zero-order valence-electron chi connectivity index (χ0n) is 16.1. The quantitative estimate of drug-likeness (QED) is 0.800. The minimum Gasteiger partial charge on any atom is -0.481 e. The average molecular weight is 358 g/mol. The van der Waals surface area contributed by atoms with E-state index in [4.69, 9.17) is 9.47 Å². The van der Waals surface area contributed by atoms with Crippen LogP contribution in [0.3, 0.4) is 0 Å². The number of carboxylic acid groups (broad SMARTS) is 1. The summed E-state index contributed by atoms with van der Waals surface area (Å²) in [5, 5.41) is 11.9. The Kier molecular flexibility index (Phi) is 5.97. The molecular weight excluding hydrogens is 328 g/mol. The molecule has 0 aromatic heterocycles. The van der Waals surface area contributed by atoms with E-state index in [0.717, 1.165) is 0 Å². The van der Waals surface area contributed by atoms with Crippen LogP contribution < -0.4 is 5.32 Å². The molecule has 0 aliphatic carbocycles. The second-order valence-corrected chi connectivity index (χ2v) is 8.70. The first-order chi connectivity index (χ1) is 11.1. The third-order valence-corrected chi connectivity index (χ3v) is 3.74. The summed E-state index contributed by atoms with van der Waals surface area (Å²) in [4.78, 5) is 36.8. The van der Waals surface area contributed by atoms with E-state index in [9.17, 15) is 19.5 Å². The van der Waals surface area contributed by atoms with Crippen LogP contribution >= 0.6 is 0 Å². The number of hydrogen-bond acceptors (Lipinski definition) is 5. The first-order valence-corrected chi connectivity index (χ1v) is 8.32. The summed E-state index contributed by atoms with van der Waals surface area (Å²) in [6, 6.07) is 0. The fraction of sp³-hybridized carbons (Fsp3) is 0.824. The lowest BCUT2D eigenvalue weighted by Gasteiger charge is -2.48. The Morgan fingerprint density at radius 2 is 1.48 bits per heavy atom. The number of likely N-dealkylation sites (tertiary alicyclic amines) is 1. The Morgan fingerprint density at radius 1 is 1.00 bits per heavy atom. The zero-order chi connectivity index (χ0) is 19.6. The van der Waals surface area contributed by atoms with Crippen LogP contribution in [-0.2, 0) is 14.3 Å². The minimum atomic E-state index is -1.03. The molecule has 0 bridgehead atoms. The van der Waals surface area contributed by atoms with Gasteiger partial charge in [0, 0.05) is 19.0 Å². The Hall–Kier alpha value is -1.99. The molecule has 0 saturated carbocycles. The van der Waals surface area contributed by atoms with Gasteiger partial charge in [-0.1, -0.05) is 0 Å². The van der Waals surface area contributed by atoms with E-state index in [-0.39, 0.29) is 12.3 Å². The van der Waals surface area contributed by atoms with Gasteiger partial charge in [-0.3, -0.25) is 4.79 Å². The van der Waals surface area contributed by atoms with Gasteiger partial charge in [-0.05, 0) is 48.5 Å². The number of aliphatic carboxylic acids is 1. The first-order valence-electron chi connectivity index (χ1n) is 8.32. The van der Waals surface area contributed by atoms with Crippen molar-refractivity contribution in [1.82, 2.24) is 10.2 Å². The molecule has 1 rings (SSSR count). The molecule has 8 heteroatoms. The summed E-state index contributed by atoms with van der Waals surface area (Å²) in [6.07, 6.45) is -1.38. The molecular formula is C17H30N2O6. The molecule has 0 radical (unpaired) electrons. The molecule has 2 amide bonds. The highest BCUT2D eigenvalue weighted by molar-refractivity contribution is 5.74. The lowest BCUT2D eigenvalue weighted by atomic mass is 9.78. The molecule has 0 spiro atoms. The van der Waals surface area contributed by atoms with Gasteiger partial charge in [-0.2, -0.15) is 0 Å². The van der Waals surface area contributed by atoms with Gasteiger partial charge in [-0.15, -0.1) is 0 Å². The van der Waals surface area contributed by atoms with Crippen molar-refractivity contribution in [2.24, 2.45) is 5.92 Å². The van der Waals surface area contributed by atoms with Crippen LogP contribution in [0.4, 0.5) is 9.59 Å². The Bertz CT molecular complexity index is 528. The number of amides is 2. The molecule has 1 saturated heterocycles. The SMILES string of the molecule is CC(C)(C)OC(=O)NC(C)(CC(=O)O)C1CN(C(=O)OC(C)(C)C)C1. The van der Waals surface area contributed by atoms with Gasteiger partial charge in [0.1, 0.15) is 11.2 Å². The highest BCUT2D eigenvalue weighted by Crippen LogP contribution is 2.31. The maximum Gasteiger partial charge on any atom is 0.410 e. The van der Waals surface area contributed by atoms with E-state index in [0.29, 0.717) is 13.1 Å². The maximum absolute atomic E-state index is 12.1. The molecule has 8 nitrogen and oxygen atoms in total. The largest absolute Gasteiger partial charge is 0.481 e. The van der Waals surface area contributed by atoms with Gasteiger partial charge in [-0.25, -0.2) is 9.59 Å². The Labute approximate surface area is 148 Å². The lowest BCUT2D eigenvalue weighted by Crippen LogP contribution is -2.65. The maximum atomic E-state index is 12.1. The van der Waals surface area contributed by atoms with Crippen LogP contribution in [0.5, 0.6) is 0 Å². The van der Waals surface area contributed by atoms with Crippen LogP contribution in [0.25, 0.3) is 0 Å². The number of alkyl carbamates (subject to hydrolysis) is 1. The average Bonchev–Trinajstić information content (AvgIpc) is 2.17. The molecule has 1 heterocycles. The molecule has 1 aliphatic rings. The van der Waals surface area contributed by atoms with Crippen LogP contribution in [0.15, 0.2) is 0 Å². The van der Waals surface area contributed by atoms with Crippen molar-refractivity contribution in [3.8, 4) is 0 Å². The van der Waals surface area contributed by atoms with Gasteiger partial charge >= 0.3 is 18.2 Å². The number of carboxylic acids is 1. The number of carbonyl (C=O) groups excluding carboxylic acids is 2. The Balaban J connectivity index is 2.73. The van der Waals surface area contributed by atoms with E-state index in [1.807, 2.05) is 0 Å². The third-order valence-electron chi connectivity index (χ3n) is 3.74. The first kappa shape index (κ1) is 21.1. The van der Waals surface area contributed by atoms with Gasteiger partial charge in [0.25, 0.3) is 0 Å². The second-order valence-electron chi connectivity index (χ2n) is 8.70. The number of rotatable bonds is 4. The standard InChI is InChI=1S/C17H30N2O6/c1-15(2,3)24-13(22)18-17(7,8-12(20)21)11-9-19(10-11)14(23)25-16(4,5)6/h11H,8-10H2,1-7H3,(H,18,22)(H,20,21). The summed E-state index contributed by atoms with van der Waals surface area (Å²) in [5.41, 5.74) is -2.30. The van der Waals surface area contributed by atoms with Crippen LogP contribution in [0.1, 0.15) is 54.9 Å². The van der Waals surface area contributed by atoms with Crippen molar-refractivity contribution >= 4 is 18.2 Å². The molecule has 1 unspecified atom stereocenters. The highest BCUT2D eigenvalue weighted by Gasteiger charge is 2.47. The molecule has 0 aromatic rings. The molecule has 25 heavy (non-hydrogen) atoms. The third kappa shape index (κ3) is 6.80. The predicted molar refractivity (Wildman–Crippen MR) is 91.3 cm³/mol. The summed E-state index contributed by atoms with van der Waals surface area (Å²) < 4.78 is 10.5. The molecule has 1 fully saturated rings.